The van der Waals surface area contributed by atoms with E-state index in [1.165, 1.54) is 18.4 Å². The summed E-state index contributed by atoms with van der Waals surface area (Å²) in [6, 6.07) is 3.97. The summed E-state index contributed by atoms with van der Waals surface area (Å²) in [6.07, 6.45) is 11.2. The first-order valence-electron chi connectivity index (χ1n) is 12.7. The Morgan fingerprint density at radius 3 is 2.71 bits per heavy atom. The summed E-state index contributed by atoms with van der Waals surface area (Å²) >= 11 is 0. The third kappa shape index (κ3) is 4.92. The highest BCUT2D eigenvalue weighted by Crippen LogP contribution is 2.46. The SMILES string of the molecule is Cn1nnc(Oc2ccc(C3CCC[C@H](C(=O)O)C3)c(C3CC3)n2)c1Cn1cc(CC2CC2)nn1. The summed E-state index contributed by atoms with van der Waals surface area (Å²) in [6.45, 7) is 0.461. The van der Waals surface area contributed by atoms with E-state index < -0.39 is 5.97 Å². The second kappa shape index (κ2) is 9.05. The average molecular weight is 478 g/mol. The minimum atomic E-state index is -0.683. The van der Waals surface area contributed by atoms with Crippen LogP contribution in [0, 0.1) is 11.8 Å². The maximum absolute atomic E-state index is 11.6. The van der Waals surface area contributed by atoms with Crippen LogP contribution in [0.5, 0.6) is 11.8 Å². The van der Waals surface area contributed by atoms with E-state index in [1.807, 2.05) is 19.3 Å². The van der Waals surface area contributed by atoms with E-state index in [2.05, 4.69) is 26.7 Å². The van der Waals surface area contributed by atoms with E-state index in [9.17, 15) is 9.90 Å². The van der Waals surface area contributed by atoms with Crippen LogP contribution >= 0.6 is 0 Å². The highest BCUT2D eigenvalue weighted by Gasteiger charge is 2.34. The molecule has 3 heterocycles. The van der Waals surface area contributed by atoms with Crippen LogP contribution in [0.4, 0.5) is 0 Å². The molecule has 0 aromatic carbocycles. The smallest absolute Gasteiger partial charge is 0.306 e. The van der Waals surface area contributed by atoms with E-state index >= 15 is 0 Å². The molecule has 10 nitrogen and oxygen atoms in total. The molecule has 184 valence electrons. The third-order valence-corrected chi connectivity index (χ3v) is 7.56. The van der Waals surface area contributed by atoms with Crippen LogP contribution in [0.3, 0.4) is 0 Å². The molecule has 0 amide bonds. The maximum atomic E-state index is 11.6. The van der Waals surface area contributed by atoms with Gasteiger partial charge in [-0.25, -0.2) is 14.3 Å². The average Bonchev–Trinajstić information content (AvgIpc) is 3.78. The molecule has 0 saturated heterocycles. The molecule has 35 heavy (non-hydrogen) atoms. The lowest BCUT2D eigenvalue weighted by Crippen LogP contribution is -2.22. The number of nitrogens with zero attached hydrogens (tertiary/aromatic N) is 7. The van der Waals surface area contributed by atoms with Gasteiger partial charge in [-0.05, 0) is 68.8 Å². The van der Waals surface area contributed by atoms with Gasteiger partial charge in [-0.15, -0.1) is 5.10 Å². The summed E-state index contributed by atoms with van der Waals surface area (Å²) in [7, 11) is 1.84. The van der Waals surface area contributed by atoms with Gasteiger partial charge in [0.05, 0.1) is 23.9 Å². The fourth-order valence-corrected chi connectivity index (χ4v) is 5.24. The topological polar surface area (TPSA) is 121 Å². The Morgan fingerprint density at radius 2 is 1.94 bits per heavy atom. The largest absolute Gasteiger partial charge is 0.481 e. The van der Waals surface area contributed by atoms with Crippen molar-refractivity contribution in [2.24, 2.45) is 18.9 Å². The fraction of sp³-hybridized carbons (Fsp3) is 0.600. The number of aromatic nitrogens is 7. The van der Waals surface area contributed by atoms with Crippen LogP contribution < -0.4 is 4.74 Å². The van der Waals surface area contributed by atoms with Crippen molar-refractivity contribution in [1.82, 2.24) is 35.0 Å². The molecular formula is C25H31N7O3. The number of aliphatic carboxylic acids is 1. The van der Waals surface area contributed by atoms with E-state index in [0.29, 0.717) is 30.6 Å². The first-order chi connectivity index (χ1) is 17.0. The zero-order valence-electron chi connectivity index (χ0n) is 20.0. The quantitative estimate of drug-likeness (QED) is 0.494. The lowest BCUT2D eigenvalue weighted by atomic mass is 9.77. The number of aryl methyl sites for hydroxylation is 1. The fourth-order valence-electron chi connectivity index (χ4n) is 5.24. The monoisotopic (exact) mass is 477 g/mol. The van der Waals surface area contributed by atoms with Crippen molar-refractivity contribution in [2.75, 3.05) is 0 Å². The molecule has 3 aromatic rings. The number of carbonyl (C=O) groups is 1. The minimum absolute atomic E-state index is 0.242. The van der Waals surface area contributed by atoms with Crippen LogP contribution in [0.25, 0.3) is 0 Å². The highest BCUT2D eigenvalue weighted by molar-refractivity contribution is 5.70. The Morgan fingerprint density at radius 1 is 1.09 bits per heavy atom. The van der Waals surface area contributed by atoms with Gasteiger partial charge < -0.3 is 9.84 Å². The van der Waals surface area contributed by atoms with Crippen LogP contribution in [-0.4, -0.2) is 46.0 Å². The highest BCUT2D eigenvalue weighted by atomic mass is 16.5. The first-order valence-corrected chi connectivity index (χ1v) is 12.7. The van der Waals surface area contributed by atoms with Gasteiger partial charge in [0.15, 0.2) is 0 Å². The Kier molecular flexibility index (Phi) is 5.74. The molecule has 3 fully saturated rings. The van der Waals surface area contributed by atoms with Crippen LogP contribution in [-0.2, 0) is 24.8 Å². The Balaban J connectivity index is 1.21. The standard InChI is InChI=1S/C25H31N7O3/c1-31-21(14-32-13-19(27-30-32)11-15-5-6-15)24(28-29-31)35-22-10-9-20(23(26-22)16-7-8-16)17-3-2-4-18(12-17)25(33)34/h9-10,13,15-18H,2-8,11-12,14H2,1H3,(H,33,34)/t17?,18-/m0/s1. The molecular weight excluding hydrogens is 446 g/mol. The molecule has 3 aliphatic carbocycles. The summed E-state index contributed by atoms with van der Waals surface area (Å²) in [5.41, 5.74) is 4.06. The molecule has 3 aromatic heterocycles. The van der Waals surface area contributed by atoms with Crippen molar-refractivity contribution in [2.45, 2.75) is 76.2 Å². The molecule has 3 saturated carbocycles. The molecule has 1 N–H and O–H groups in total. The summed E-state index contributed by atoms with van der Waals surface area (Å²) in [5.74, 6) is 1.40. The third-order valence-electron chi connectivity index (χ3n) is 7.56. The van der Waals surface area contributed by atoms with Gasteiger partial charge in [0.25, 0.3) is 5.88 Å². The van der Waals surface area contributed by atoms with Crippen LogP contribution in [0.2, 0.25) is 0 Å². The number of pyridine rings is 1. The molecule has 10 heteroatoms. The van der Waals surface area contributed by atoms with Crippen molar-refractivity contribution in [3.05, 3.63) is 41.0 Å². The lowest BCUT2D eigenvalue weighted by Gasteiger charge is -2.28. The van der Waals surface area contributed by atoms with Gasteiger partial charge >= 0.3 is 5.97 Å². The van der Waals surface area contributed by atoms with E-state index in [1.54, 1.807) is 9.36 Å². The van der Waals surface area contributed by atoms with Gasteiger partial charge in [0, 0.05) is 25.2 Å². The van der Waals surface area contributed by atoms with Gasteiger partial charge in [0.2, 0.25) is 5.88 Å². The number of hydrogen-bond donors (Lipinski definition) is 1. The number of rotatable bonds is 9. The number of ether oxygens (including phenoxy) is 1. The van der Waals surface area contributed by atoms with E-state index in [4.69, 9.17) is 9.72 Å². The molecule has 0 aliphatic heterocycles. The summed E-state index contributed by atoms with van der Waals surface area (Å²) in [5, 5.41) is 26.5. The van der Waals surface area contributed by atoms with Crippen LogP contribution in [0.1, 0.15) is 85.8 Å². The zero-order chi connectivity index (χ0) is 23.9. The number of hydrogen-bond acceptors (Lipinski definition) is 7. The molecule has 0 radical (unpaired) electrons. The Bertz CT molecular complexity index is 1230. The summed E-state index contributed by atoms with van der Waals surface area (Å²) in [4.78, 5) is 16.5. The van der Waals surface area contributed by atoms with Crippen LogP contribution in [0.15, 0.2) is 18.3 Å². The normalized spacial score (nSPS) is 22.3. The van der Waals surface area contributed by atoms with Crippen molar-refractivity contribution >= 4 is 5.97 Å². The predicted molar refractivity (Wildman–Crippen MR) is 125 cm³/mol. The predicted octanol–water partition coefficient (Wildman–Crippen LogP) is 3.83. The first kappa shape index (κ1) is 22.2. The van der Waals surface area contributed by atoms with Crippen molar-refractivity contribution < 1.29 is 14.6 Å². The van der Waals surface area contributed by atoms with Gasteiger partial charge in [-0.2, -0.15) is 0 Å². The van der Waals surface area contributed by atoms with Gasteiger partial charge in [-0.1, -0.05) is 28.0 Å². The second-order valence-electron chi connectivity index (χ2n) is 10.4. The molecule has 0 bridgehead atoms. The molecule has 1 unspecified atom stereocenters. The molecule has 2 atom stereocenters. The summed E-state index contributed by atoms with van der Waals surface area (Å²) < 4.78 is 9.64. The molecule has 0 spiro atoms. The molecule has 6 rings (SSSR count). The zero-order valence-corrected chi connectivity index (χ0v) is 20.0. The van der Waals surface area contributed by atoms with Gasteiger partial charge in [-0.3, -0.25) is 4.79 Å². The lowest BCUT2D eigenvalue weighted by molar-refractivity contribution is -0.143. The molecule has 3 aliphatic rings. The van der Waals surface area contributed by atoms with E-state index in [0.717, 1.165) is 61.5 Å². The number of carboxylic acid groups (broad SMARTS) is 1. The second-order valence-corrected chi connectivity index (χ2v) is 10.4. The Hall–Kier alpha value is -3.30. The van der Waals surface area contributed by atoms with Crippen molar-refractivity contribution in [3.8, 4) is 11.8 Å². The van der Waals surface area contributed by atoms with Crippen molar-refractivity contribution in [1.29, 1.82) is 0 Å². The minimum Gasteiger partial charge on any atom is -0.481 e. The van der Waals surface area contributed by atoms with Gasteiger partial charge in [0.1, 0.15) is 5.69 Å². The number of carboxylic acids is 1. The Labute approximate surface area is 203 Å². The maximum Gasteiger partial charge on any atom is 0.306 e. The van der Waals surface area contributed by atoms with E-state index in [-0.39, 0.29) is 11.8 Å². The van der Waals surface area contributed by atoms with Crippen molar-refractivity contribution in [3.63, 3.8) is 0 Å².